The minimum Gasteiger partial charge on any atom is -0.493 e. The van der Waals surface area contributed by atoms with Gasteiger partial charge in [0.1, 0.15) is 18.0 Å². The number of hydrogen-bond acceptors (Lipinski definition) is 5. The van der Waals surface area contributed by atoms with E-state index in [4.69, 9.17) is 21.7 Å². The standard InChI is InChI=1S/C26H21FN2O4S/c1-16-3-10-20(11-4-16)29-25(31)21(24(30)28-26(29)34)13-18-7-12-22(23(14-18)32-2)33-15-17-5-8-19(27)9-6-17/h3-14H,15H2,1-2H3,(H,28,30,34)/b21-13+. The number of carbonyl (C=O) groups is 2. The first-order chi connectivity index (χ1) is 16.4. The predicted octanol–water partition coefficient (Wildman–Crippen LogP) is 4.55. The summed E-state index contributed by atoms with van der Waals surface area (Å²) < 4.78 is 24.3. The highest BCUT2D eigenvalue weighted by atomic mass is 32.1. The van der Waals surface area contributed by atoms with Gasteiger partial charge in [0.2, 0.25) is 0 Å². The molecule has 0 unspecified atom stereocenters. The van der Waals surface area contributed by atoms with E-state index in [1.54, 1.807) is 42.5 Å². The number of thiocarbonyl (C=S) groups is 1. The summed E-state index contributed by atoms with van der Waals surface area (Å²) in [6, 6.07) is 18.3. The number of halogens is 1. The van der Waals surface area contributed by atoms with E-state index in [1.807, 2.05) is 19.1 Å². The Hall–Kier alpha value is -4.04. The minimum absolute atomic E-state index is 0.0260. The highest BCUT2D eigenvalue weighted by Crippen LogP contribution is 2.30. The second-order valence-corrected chi connectivity index (χ2v) is 8.01. The first-order valence-electron chi connectivity index (χ1n) is 10.4. The molecular formula is C26H21FN2O4S. The summed E-state index contributed by atoms with van der Waals surface area (Å²) in [7, 11) is 1.49. The highest BCUT2D eigenvalue weighted by molar-refractivity contribution is 7.80. The van der Waals surface area contributed by atoms with E-state index in [0.717, 1.165) is 11.1 Å². The Morgan fingerprint density at radius 1 is 1.00 bits per heavy atom. The molecule has 0 bridgehead atoms. The summed E-state index contributed by atoms with van der Waals surface area (Å²) in [5, 5.41) is 2.60. The maximum Gasteiger partial charge on any atom is 0.270 e. The fourth-order valence-electron chi connectivity index (χ4n) is 3.39. The van der Waals surface area contributed by atoms with Crippen LogP contribution in [0, 0.1) is 12.7 Å². The molecule has 2 amide bonds. The molecule has 1 fully saturated rings. The maximum atomic E-state index is 13.2. The minimum atomic E-state index is -0.575. The zero-order valence-electron chi connectivity index (χ0n) is 18.5. The number of anilines is 1. The van der Waals surface area contributed by atoms with E-state index in [2.05, 4.69) is 5.32 Å². The van der Waals surface area contributed by atoms with Gasteiger partial charge in [0, 0.05) is 0 Å². The van der Waals surface area contributed by atoms with Crippen LogP contribution in [0.1, 0.15) is 16.7 Å². The molecule has 34 heavy (non-hydrogen) atoms. The molecule has 3 aromatic carbocycles. The summed E-state index contributed by atoms with van der Waals surface area (Å²) >= 11 is 5.24. The topological polar surface area (TPSA) is 67.9 Å². The molecule has 1 saturated heterocycles. The second kappa shape index (κ2) is 9.84. The van der Waals surface area contributed by atoms with Gasteiger partial charge in [-0.05, 0) is 72.7 Å². The van der Waals surface area contributed by atoms with Crippen LogP contribution < -0.4 is 19.7 Å². The summed E-state index contributed by atoms with van der Waals surface area (Å²) in [5.41, 5.74) is 2.91. The normalized spacial score (nSPS) is 14.9. The Morgan fingerprint density at radius 2 is 1.71 bits per heavy atom. The molecule has 172 valence electrons. The Balaban J connectivity index is 1.58. The summed E-state index contributed by atoms with van der Waals surface area (Å²) in [6.07, 6.45) is 1.48. The SMILES string of the molecule is COc1cc(/C=C2\C(=O)NC(=S)N(c3ccc(C)cc3)C2=O)ccc1OCc1ccc(F)cc1. The average Bonchev–Trinajstić information content (AvgIpc) is 2.83. The average molecular weight is 477 g/mol. The van der Waals surface area contributed by atoms with Crippen LogP contribution in [0.3, 0.4) is 0 Å². The third-order valence-corrected chi connectivity index (χ3v) is 5.48. The molecule has 6 nitrogen and oxygen atoms in total. The van der Waals surface area contributed by atoms with Crippen molar-refractivity contribution in [2.24, 2.45) is 0 Å². The van der Waals surface area contributed by atoms with Crippen molar-refractivity contribution in [1.29, 1.82) is 0 Å². The maximum absolute atomic E-state index is 13.2. The van der Waals surface area contributed by atoms with Gasteiger partial charge in [-0.1, -0.05) is 35.9 Å². The lowest BCUT2D eigenvalue weighted by Gasteiger charge is -2.29. The zero-order valence-corrected chi connectivity index (χ0v) is 19.3. The first kappa shape index (κ1) is 23.1. The predicted molar refractivity (Wildman–Crippen MR) is 131 cm³/mol. The van der Waals surface area contributed by atoms with E-state index in [-0.39, 0.29) is 23.1 Å². The van der Waals surface area contributed by atoms with E-state index in [9.17, 15) is 14.0 Å². The van der Waals surface area contributed by atoms with Crippen LogP contribution in [0.4, 0.5) is 10.1 Å². The number of aryl methyl sites for hydroxylation is 1. The van der Waals surface area contributed by atoms with Gasteiger partial charge < -0.3 is 9.47 Å². The zero-order chi connectivity index (χ0) is 24.2. The molecule has 1 heterocycles. The van der Waals surface area contributed by atoms with Gasteiger partial charge in [-0.25, -0.2) is 4.39 Å². The van der Waals surface area contributed by atoms with E-state index in [1.165, 1.54) is 30.2 Å². The van der Waals surface area contributed by atoms with Crippen LogP contribution in [0.25, 0.3) is 6.08 Å². The lowest BCUT2D eigenvalue weighted by Crippen LogP contribution is -2.54. The van der Waals surface area contributed by atoms with Crippen molar-refractivity contribution in [2.45, 2.75) is 13.5 Å². The fraction of sp³-hybridized carbons (Fsp3) is 0.115. The lowest BCUT2D eigenvalue weighted by molar-refractivity contribution is -0.122. The number of carbonyl (C=O) groups excluding carboxylic acids is 2. The number of nitrogens with one attached hydrogen (secondary N) is 1. The Morgan fingerprint density at radius 3 is 2.38 bits per heavy atom. The van der Waals surface area contributed by atoms with Crippen molar-refractivity contribution in [2.75, 3.05) is 12.0 Å². The van der Waals surface area contributed by atoms with Crippen LogP contribution in [0.2, 0.25) is 0 Å². The van der Waals surface area contributed by atoms with Crippen molar-refractivity contribution >= 4 is 40.9 Å². The number of ether oxygens (including phenoxy) is 2. The van der Waals surface area contributed by atoms with Gasteiger partial charge in [0.15, 0.2) is 16.6 Å². The van der Waals surface area contributed by atoms with Crippen LogP contribution in [-0.4, -0.2) is 24.0 Å². The Kier molecular flexibility index (Phi) is 6.70. The molecule has 0 saturated carbocycles. The van der Waals surface area contributed by atoms with Gasteiger partial charge in [-0.15, -0.1) is 0 Å². The molecular weight excluding hydrogens is 455 g/mol. The van der Waals surface area contributed by atoms with Crippen LogP contribution >= 0.6 is 12.2 Å². The fourth-order valence-corrected chi connectivity index (χ4v) is 3.67. The smallest absolute Gasteiger partial charge is 0.270 e. The van der Waals surface area contributed by atoms with Crippen molar-refractivity contribution in [3.63, 3.8) is 0 Å². The number of methoxy groups -OCH3 is 1. The molecule has 0 radical (unpaired) electrons. The lowest BCUT2D eigenvalue weighted by atomic mass is 10.1. The molecule has 1 aliphatic rings. The first-order valence-corrected chi connectivity index (χ1v) is 10.8. The second-order valence-electron chi connectivity index (χ2n) is 7.62. The van der Waals surface area contributed by atoms with Gasteiger partial charge >= 0.3 is 0 Å². The number of amides is 2. The van der Waals surface area contributed by atoms with Gasteiger partial charge in [-0.3, -0.25) is 19.8 Å². The number of hydrogen-bond donors (Lipinski definition) is 1. The largest absolute Gasteiger partial charge is 0.493 e. The van der Waals surface area contributed by atoms with E-state index in [0.29, 0.717) is 22.7 Å². The van der Waals surface area contributed by atoms with Gasteiger partial charge in [-0.2, -0.15) is 0 Å². The molecule has 4 rings (SSSR count). The quantitative estimate of drug-likeness (QED) is 0.321. The summed E-state index contributed by atoms with van der Waals surface area (Å²) in [4.78, 5) is 27.0. The van der Waals surface area contributed by atoms with Crippen molar-refractivity contribution in [3.05, 3.63) is 94.8 Å². The Bertz CT molecular complexity index is 1290. The number of nitrogens with zero attached hydrogens (tertiary/aromatic N) is 1. The molecule has 0 atom stereocenters. The van der Waals surface area contributed by atoms with E-state index < -0.39 is 11.8 Å². The van der Waals surface area contributed by atoms with Crippen LogP contribution in [0.15, 0.2) is 72.3 Å². The Labute approximate surface area is 201 Å². The van der Waals surface area contributed by atoms with Crippen LogP contribution in [-0.2, 0) is 16.2 Å². The number of benzene rings is 3. The van der Waals surface area contributed by atoms with Crippen LogP contribution in [0.5, 0.6) is 11.5 Å². The monoisotopic (exact) mass is 476 g/mol. The molecule has 8 heteroatoms. The summed E-state index contributed by atoms with van der Waals surface area (Å²) in [5.74, 6) is -0.522. The molecule has 0 aliphatic carbocycles. The van der Waals surface area contributed by atoms with Crippen molar-refractivity contribution in [1.82, 2.24) is 5.32 Å². The van der Waals surface area contributed by atoms with Gasteiger partial charge in [0.05, 0.1) is 12.8 Å². The van der Waals surface area contributed by atoms with E-state index >= 15 is 0 Å². The van der Waals surface area contributed by atoms with Crippen molar-refractivity contribution < 1.29 is 23.5 Å². The molecule has 1 N–H and O–H groups in total. The molecule has 0 aromatic heterocycles. The molecule has 3 aromatic rings. The number of rotatable bonds is 6. The summed E-state index contributed by atoms with van der Waals surface area (Å²) in [6.45, 7) is 2.16. The third-order valence-electron chi connectivity index (χ3n) is 5.20. The third kappa shape index (κ3) is 4.97. The molecule has 0 spiro atoms. The molecule has 1 aliphatic heterocycles. The van der Waals surface area contributed by atoms with Crippen molar-refractivity contribution in [3.8, 4) is 11.5 Å². The van der Waals surface area contributed by atoms with Gasteiger partial charge in [0.25, 0.3) is 11.8 Å². The highest BCUT2D eigenvalue weighted by Gasteiger charge is 2.34.